The van der Waals surface area contributed by atoms with E-state index in [2.05, 4.69) is 22.0 Å². The molecule has 0 aliphatic heterocycles. The largest absolute Gasteiger partial charge is 0.369 e. The standard InChI is InChI=1S/C12H16N6S/c1-4-8-5-14-9(19-8)6-18-11-10(15-12(18)13)7(2)16-17(11)3/h5H,4,6H2,1-3H3,(H2,13,15). The van der Waals surface area contributed by atoms with E-state index in [0.29, 0.717) is 12.5 Å². The predicted molar refractivity (Wildman–Crippen MR) is 76.2 cm³/mol. The van der Waals surface area contributed by atoms with Crippen LogP contribution < -0.4 is 5.73 Å². The number of fused-ring (bicyclic) bond motifs is 1. The van der Waals surface area contributed by atoms with Crippen LogP contribution in [0.1, 0.15) is 22.5 Å². The van der Waals surface area contributed by atoms with Gasteiger partial charge in [0.15, 0.2) is 5.65 Å². The van der Waals surface area contributed by atoms with Crippen LogP contribution in [0.4, 0.5) is 5.95 Å². The summed E-state index contributed by atoms with van der Waals surface area (Å²) < 4.78 is 3.79. The minimum atomic E-state index is 0.513. The van der Waals surface area contributed by atoms with Gasteiger partial charge >= 0.3 is 0 Å². The molecular formula is C12H16N6S. The summed E-state index contributed by atoms with van der Waals surface area (Å²) in [6.07, 6.45) is 2.94. The summed E-state index contributed by atoms with van der Waals surface area (Å²) in [4.78, 5) is 10.1. The molecule has 0 unspecified atom stereocenters. The van der Waals surface area contributed by atoms with Crippen LogP contribution in [-0.2, 0) is 20.0 Å². The van der Waals surface area contributed by atoms with E-state index in [0.717, 1.165) is 28.3 Å². The van der Waals surface area contributed by atoms with Crippen molar-refractivity contribution < 1.29 is 0 Å². The number of nitrogens with zero attached hydrogens (tertiary/aromatic N) is 5. The average molecular weight is 276 g/mol. The first-order chi connectivity index (χ1) is 9.10. The Hall–Kier alpha value is -1.89. The van der Waals surface area contributed by atoms with Crippen LogP contribution in [-0.4, -0.2) is 24.3 Å². The molecule has 0 bridgehead atoms. The molecular weight excluding hydrogens is 260 g/mol. The minimum Gasteiger partial charge on any atom is -0.369 e. The lowest BCUT2D eigenvalue weighted by atomic mass is 10.4. The molecule has 0 aromatic carbocycles. The normalized spacial score (nSPS) is 11.5. The average Bonchev–Trinajstić information content (AvgIpc) is 3.01. The zero-order valence-corrected chi connectivity index (χ0v) is 12.0. The topological polar surface area (TPSA) is 74.6 Å². The summed E-state index contributed by atoms with van der Waals surface area (Å²) in [6.45, 7) is 4.72. The first-order valence-corrected chi connectivity index (χ1v) is 7.00. The summed E-state index contributed by atoms with van der Waals surface area (Å²) in [5, 5.41) is 5.42. The zero-order chi connectivity index (χ0) is 13.6. The summed E-state index contributed by atoms with van der Waals surface area (Å²) in [5.74, 6) is 0.513. The van der Waals surface area contributed by atoms with Gasteiger partial charge in [0.1, 0.15) is 10.5 Å². The molecule has 0 atom stereocenters. The van der Waals surface area contributed by atoms with Gasteiger partial charge in [-0.05, 0) is 13.3 Å². The van der Waals surface area contributed by atoms with Crippen LogP contribution in [0, 0.1) is 6.92 Å². The maximum atomic E-state index is 6.01. The molecule has 0 radical (unpaired) electrons. The molecule has 3 heterocycles. The fourth-order valence-corrected chi connectivity index (χ4v) is 3.08. The molecule has 100 valence electrons. The third-order valence-electron chi connectivity index (χ3n) is 3.16. The van der Waals surface area contributed by atoms with Crippen LogP contribution in [0.2, 0.25) is 0 Å². The fraction of sp³-hybridized carbons (Fsp3) is 0.417. The molecule has 0 spiro atoms. The van der Waals surface area contributed by atoms with E-state index in [-0.39, 0.29) is 0 Å². The molecule has 0 aliphatic rings. The zero-order valence-electron chi connectivity index (χ0n) is 11.2. The van der Waals surface area contributed by atoms with Crippen LogP contribution >= 0.6 is 11.3 Å². The molecule has 6 nitrogen and oxygen atoms in total. The summed E-state index contributed by atoms with van der Waals surface area (Å²) in [7, 11) is 1.91. The summed E-state index contributed by atoms with van der Waals surface area (Å²) in [6, 6.07) is 0. The Morgan fingerprint density at radius 2 is 2.21 bits per heavy atom. The lowest BCUT2D eigenvalue weighted by Crippen LogP contribution is -2.07. The highest BCUT2D eigenvalue weighted by Crippen LogP contribution is 2.23. The molecule has 0 fully saturated rings. The molecule has 0 aliphatic carbocycles. The number of aromatic nitrogens is 5. The Bertz CT molecular complexity index is 735. The van der Waals surface area contributed by atoms with E-state index < -0.39 is 0 Å². The molecule has 0 amide bonds. The lowest BCUT2D eigenvalue weighted by Gasteiger charge is -2.04. The van der Waals surface area contributed by atoms with E-state index in [1.54, 1.807) is 11.3 Å². The number of hydrogen-bond acceptors (Lipinski definition) is 5. The van der Waals surface area contributed by atoms with Crippen molar-refractivity contribution in [3.05, 3.63) is 21.8 Å². The summed E-state index contributed by atoms with van der Waals surface area (Å²) in [5.41, 5.74) is 8.72. The SMILES string of the molecule is CCc1cnc(Cn2c(N)nc3c(C)nn(C)c32)s1. The molecule has 3 rings (SSSR count). The third kappa shape index (κ3) is 1.90. The number of rotatable bonds is 3. The maximum Gasteiger partial charge on any atom is 0.202 e. The number of nitrogens with two attached hydrogens (primary N) is 1. The van der Waals surface area contributed by atoms with Gasteiger partial charge in [-0.1, -0.05) is 6.92 Å². The van der Waals surface area contributed by atoms with Gasteiger partial charge in [0.25, 0.3) is 0 Å². The van der Waals surface area contributed by atoms with Crippen molar-refractivity contribution in [3.8, 4) is 0 Å². The first-order valence-electron chi connectivity index (χ1n) is 6.19. The van der Waals surface area contributed by atoms with Gasteiger partial charge < -0.3 is 5.73 Å². The van der Waals surface area contributed by atoms with Crippen molar-refractivity contribution in [1.29, 1.82) is 0 Å². The number of anilines is 1. The van der Waals surface area contributed by atoms with Gasteiger partial charge in [-0.15, -0.1) is 11.3 Å². The Morgan fingerprint density at radius 3 is 2.89 bits per heavy atom. The maximum absolute atomic E-state index is 6.01. The monoisotopic (exact) mass is 276 g/mol. The Morgan fingerprint density at radius 1 is 1.42 bits per heavy atom. The van der Waals surface area contributed by atoms with Crippen LogP contribution in [0.5, 0.6) is 0 Å². The van der Waals surface area contributed by atoms with Crippen molar-refractivity contribution in [2.45, 2.75) is 26.8 Å². The Labute approximate surface area is 114 Å². The molecule has 0 saturated heterocycles. The van der Waals surface area contributed by atoms with Crippen LogP contribution in [0.15, 0.2) is 6.20 Å². The van der Waals surface area contributed by atoms with E-state index in [4.69, 9.17) is 5.73 Å². The van der Waals surface area contributed by atoms with E-state index in [9.17, 15) is 0 Å². The summed E-state index contributed by atoms with van der Waals surface area (Å²) >= 11 is 1.72. The number of imidazole rings is 1. The smallest absolute Gasteiger partial charge is 0.202 e. The van der Waals surface area contributed by atoms with Crippen molar-refractivity contribution >= 4 is 28.4 Å². The fourth-order valence-electron chi connectivity index (χ4n) is 2.23. The first kappa shape index (κ1) is 12.2. The van der Waals surface area contributed by atoms with Gasteiger partial charge in [-0.25, -0.2) is 9.97 Å². The predicted octanol–water partition coefficient (Wildman–Crippen LogP) is 1.73. The molecule has 3 aromatic rings. The molecule has 3 aromatic heterocycles. The second-order valence-electron chi connectivity index (χ2n) is 4.51. The molecule has 7 heteroatoms. The van der Waals surface area contributed by atoms with Crippen molar-refractivity contribution in [1.82, 2.24) is 24.3 Å². The number of nitrogen functional groups attached to an aromatic ring is 1. The van der Waals surface area contributed by atoms with Gasteiger partial charge in [0.05, 0.1) is 12.2 Å². The third-order valence-corrected chi connectivity index (χ3v) is 4.29. The van der Waals surface area contributed by atoms with Crippen molar-refractivity contribution in [2.75, 3.05) is 5.73 Å². The molecule has 2 N–H and O–H groups in total. The van der Waals surface area contributed by atoms with E-state index >= 15 is 0 Å². The highest BCUT2D eigenvalue weighted by Gasteiger charge is 2.16. The van der Waals surface area contributed by atoms with Crippen LogP contribution in [0.3, 0.4) is 0 Å². The highest BCUT2D eigenvalue weighted by atomic mass is 32.1. The van der Waals surface area contributed by atoms with E-state index in [1.165, 1.54) is 4.88 Å². The number of aryl methyl sites for hydroxylation is 3. The number of hydrogen-bond donors (Lipinski definition) is 1. The molecule has 19 heavy (non-hydrogen) atoms. The van der Waals surface area contributed by atoms with Crippen molar-refractivity contribution in [3.63, 3.8) is 0 Å². The highest BCUT2D eigenvalue weighted by molar-refractivity contribution is 7.11. The van der Waals surface area contributed by atoms with Gasteiger partial charge in [-0.2, -0.15) is 5.10 Å². The van der Waals surface area contributed by atoms with Gasteiger partial charge in [-0.3, -0.25) is 9.25 Å². The second-order valence-corrected chi connectivity index (χ2v) is 5.71. The van der Waals surface area contributed by atoms with Crippen LogP contribution in [0.25, 0.3) is 11.2 Å². The van der Waals surface area contributed by atoms with E-state index in [1.807, 2.05) is 29.4 Å². The minimum absolute atomic E-state index is 0.513. The lowest BCUT2D eigenvalue weighted by molar-refractivity contribution is 0.724. The quantitative estimate of drug-likeness (QED) is 0.790. The Kier molecular flexibility index (Phi) is 2.78. The van der Waals surface area contributed by atoms with Gasteiger partial charge in [0.2, 0.25) is 5.95 Å². The Balaban J connectivity index is 2.06. The molecule has 0 saturated carbocycles. The second kappa shape index (κ2) is 4.34. The van der Waals surface area contributed by atoms with Crippen molar-refractivity contribution in [2.24, 2.45) is 7.05 Å². The van der Waals surface area contributed by atoms with Gasteiger partial charge in [0, 0.05) is 18.1 Å². The number of thiazole rings is 1.